The number of methoxy groups -OCH3 is 1. The molecule has 0 aliphatic heterocycles. The van der Waals surface area contributed by atoms with E-state index in [4.69, 9.17) is 32.7 Å². The minimum Gasteiger partial charge on any atom is -0.494 e. The summed E-state index contributed by atoms with van der Waals surface area (Å²) in [6.45, 7) is 5.71. The molecule has 0 saturated heterocycles. The predicted molar refractivity (Wildman–Crippen MR) is 117 cm³/mol. The molecule has 3 nitrogen and oxygen atoms in total. The molecule has 0 saturated carbocycles. The Hall–Kier alpha value is -2.08. The van der Waals surface area contributed by atoms with Gasteiger partial charge in [0.05, 0.1) is 29.3 Å². The Labute approximate surface area is 183 Å². The maximum atomic E-state index is 13.5. The lowest BCUT2D eigenvalue weighted by atomic mass is 9.91. The van der Waals surface area contributed by atoms with E-state index in [2.05, 4.69) is 0 Å². The zero-order valence-electron chi connectivity index (χ0n) is 16.4. The number of hydrogen-bond donors (Lipinski definition) is 0. The van der Waals surface area contributed by atoms with Gasteiger partial charge >= 0.3 is 5.97 Å². The number of hydrogen-bond acceptors (Lipinski definition) is 4. The first-order valence-corrected chi connectivity index (χ1v) is 10.5. The summed E-state index contributed by atoms with van der Waals surface area (Å²) in [5, 5.41) is 2.50. The van der Waals surface area contributed by atoms with Crippen LogP contribution in [0.15, 0.2) is 29.6 Å². The van der Waals surface area contributed by atoms with Gasteiger partial charge in [-0.2, -0.15) is 0 Å². The molecule has 2 aromatic carbocycles. The summed E-state index contributed by atoms with van der Waals surface area (Å²) in [6, 6.07) is 6.13. The number of thiophene rings is 1. The van der Waals surface area contributed by atoms with Gasteiger partial charge in [0, 0.05) is 15.8 Å². The summed E-state index contributed by atoms with van der Waals surface area (Å²) in [4.78, 5) is 13.5. The van der Waals surface area contributed by atoms with Crippen molar-refractivity contribution in [2.45, 2.75) is 20.8 Å². The van der Waals surface area contributed by atoms with Gasteiger partial charge < -0.3 is 9.47 Å². The van der Waals surface area contributed by atoms with Gasteiger partial charge in [0.1, 0.15) is 5.82 Å². The zero-order valence-corrected chi connectivity index (χ0v) is 18.7. The van der Waals surface area contributed by atoms with E-state index in [1.54, 1.807) is 24.4 Å². The Bertz CT molecular complexity index is 1050. The van der Waals surface area contributed by atoms with E-state index >= 15 is 0 Å². The fourth-order valence-corrected chi connectivity index (χ4v) is 4.90. The molecule has 0 atom stereocenters. The summed E-state index contributed by atoms with van der Waals surface area (Å²) in [5.41, 5.74) is 4.07. The van der Waals surface area contributed by atoms with Crippen LogP contribution in [0.1, 0.15) is 28.4 Å². The fourth-order valence-electron chi connectivity index (χ4n) is 3.27. The number of carbonyl (C=O) groups is 1. The molecule has 0 aliphatic carbocycles. The maximum Gasteiger partial charge on any atom is 0.339 e. The topological polar surface area (TPSA) is 35.5 Å². The molecule has 3 aromatic rings. The minimum absolute atomic E-state index is 0.252. The Morgan fingerprint density at radius 2 is 1.66 bits per heavy atom. The second-order valence-corrected chi connectivity index (χ2v) is 8.00. The van der Waals surface area contributed by atoms with Crippen LogP contribution in [0.4, 0.5) is 4.39 Å². The van der Waals surface area contributed by atoms with Gasteiger partial charge in [-0.05, 0) is 55.2 Å². The van der Waals surface area contributed by atoms with Gasteiger partial charge in [0.25, 0.3) is 0 Å². The summed E-state index contributed by atoms with van der Waals surface area (Å²) in [5.74, 6) is -0.377. The summed E-state index contributed by atoms with van der Waals surface area (Å²) < 4.78 is 24.1. The van der Waals surface area contributed by atoms with Crippen LogP contribution in [0, 0.1) is 19.7 Å². The number of ether oxygens (including phenoxy) is 2. The largest absolute Gasteiger partial charge is 0.494 e. The van der Waals surface area contributed by atoms with Crippen molar-refractivity contribution < 1.29 is 18.7 Å². The summed E-state index contributed by atoms with van der Waals surface area (Å²) in [6.07, 6.45) is 0. The van der Waals surface area contributed by atoms with Crippen molar-refractivity contribution in [3.05, 3.63) is 62.2 Å². The maximum absolute atomic E-state index is 13.5. The minimum atomic E-state index is -0.436. The molecule has 0 aliphatic rings. The Kier molecular flexibility index (Phi) is 6.52. The molecule has 7 heteroatoms. The van der Waals surface area contributed by atoms with Crippen molar-refractivity contribution in [3.8, 4) is 27.3 Å². The number of benzene rings is 2. The van der Waals surface area contributed by atoms with Crippen LogP contribution >= 0.6 is 34.5 Å². The van der Waals surface area contributed by atoms with Gasteiger partial charge in [-0.1, -0.05) is 35.3 Å². The van der Waals surface area contributed by atoms with E-state index in [-0.39, 0.29) is 12.4 Å². The third kappa shape index (κ3) is 3.87. The highest BCUT2D eigenvalue weighted by Crippen LogP contribution is 2.49. The second-order valence-electron chi connectivity index (χ2n) is 6.37. The van der Waals surface area contributed by atoms with Crippen LogP contribution in [0.5, 0.6) is 5.75 Å². The molecule has 29 heavy (non-hydrogen) atoms. The zero-order chi connectivity index (χ0) is 21.3. The monoisotopic (exact) mass is 452 g/mol. The van der Waals surface area contributed by atoms with Crippen LogP contribution in [-0.2, 0) is 4.74 Å². The van der Waals surface area contributed by atoms with E-state index in [1.807, 2.05) is 13.8 Å². The van der Waals surface area contributed by atoms with Gasteiger partial charge in [-0.25, -0.2) is 9.18 Å². The van der Waals surface area contributed by atoms with E-state index in [0.29, 0.717) is 26.9 Å². The molecule has 1 aromatic heterocycles. The summed E-state index contributed by atoms with van der Waals surface area (Å²) >= 11 is 14.4. The van der Waals surface area contributed by atoms with E-state index in [9.17, 15) is 9.18 Å². The second kappa shape index (κ2) is 8.74. The lowest BCUT2D eigenvalue weighted by molar-refractivity contribution is 0.0528. The van der Waals surface area contributed by atoms with Gasteiger partial charge in [-0.15, -0.1) is 11.3 Å². The predicted octanol–water partition coefficient (Wildman–Crippen LogP) is 7.33. The molecule has 0 amide bonds. The standard InChI is InChI=1S/C22H19Cl2FO3S/c1-5-28-22(26)15-10-29-21(13-6-8-14(25)9-7-13)17(15)16-11(2)18(23)20(27-4)19(24)12(16)3/h6-10H,5H2,1-4H3. The van der Waals surface area contributed by atoms with E-state index in [1.165, 1.54) is 30.6 Å². The van der Waals surface area contributed by atoms with Crippen LogP contribution in [0.2, 0.25) is 10.0 Å². The van der Waals surface area contributed by atoms with Crippen molar-refractivity contribution in [3.63, 3.8) is 0 Å². The third-order valence-electron chi connectivity index (χ3n) is 4.65. The molecule has 1 heterocycles. The van der Waals surface area contributed by atoms with Crippen LogP contribution in [0.3, 0.4) is 0 Å². The molecular formula is C22H19Cl2FO3S. The van der Waals surface area contributed by atoms with Crippen molar-refractivity contribution in [2.75, 3.05) is 13.7 Å². The first-order valence-electron chi connectivity index (χ1n) is 8.88. The van der Waals surface area contributed by atoms with Gasteiger partial charge in [0.15, 0.2) is 5.75 Å². The molecule has 0 unspecified atom stereocenters. The summed E-state index contributed by atoms with van der Waals surface area (Å²) in [7, 11) is 1.50. The smallest absolute Gasteiger partial charge is 0.339 e. The SMILES string of the molecule is CCOC(=O)c1csc(-c2ccc(F)cc2)c1-c1c(C)c(Cl)c(OC)c(Cl)c1C. The number of rotatable bonds is 5. The lowest BCUT2D eigenvalue weighted by Gasteiger charge is -2.19. The lowest BCUT2D eigenvalue weighted by Crippen LogP contribution is -2.06. The molecule has 0 bridgehead atoms. The average molecular weight is 453 g/mol. The molecule has 0 fully saturated rings. The Balaban J connectivity index is 2.37. The van der Waals surface area contributed by atoms with Crippen LogP contribution < -0.4 is 4.74 Å². The number of carbonyl (C=O) groups excluding carboxylic acids is 1. The Morgan fingerprint density at radius 1 is 1.07 bits per heavy atom. The normalized spacial score (nSPS) is 10.9. The van der Waals surface area contributed by atoms with Gasteiger partial charge in [0.2, 0.25) is 0 Å². The van der Waals surface area contributed by atoms with Crippen molar-refractivity contribution in [1.82, 2.24) is 0 Å². The third-order valence-corrected chi connectivity index (χ3v) is 6.59. The quantitative estimate of drug-likeness (QED) is 0.380. The van der Waals surface area contributed by atoms with Crippen LogP contribution in [-0.4, -0.2) is 19.7 Å². The first kappa shape index (κ1) is 21.6. The molecule has 0 spiro atoms. The highest BCUT2D eigenvalue weighted by molar-refractivity contribution is 7.14. The van der Waals surface area contributed by atoms with Crippen molar-refractivity contribution in [2.24, 2.45) is 0 Å². The number of esters is 1. The van der Waals surface area contributed by atoms with Gasteiger partial charge in [-0.3, -0.25) is 0 Å². The van der Waals surface area contributed by atoms with Crippen molar-refractivity contribution in [1.29, 1.82) is 0 Å². The molecule has 0 N–H and O–H groups in total. The Morgan fingerprint density at radius 3 is 2.17 bits per heavy atom. The highest BCUT2D eigenvalue weighted by atomic mass is 35.5. The van der Waals surface area contributed by atoms with Crippen LogP contribution in [0.25, 0.3) is 21.6 Å². The van der Waals surface area contributed by atoms with Crippen molar-refractivity contribution >= 4 is 40.5 Å². The van der Waals surface area contributed by atoms with E-state index in [0.717, 1.165) is 27.1 Å². The average Bonchev–Trinajstić information content (AvgIpc) is 3.13. The fraction of sp³-hybridized carbons (Fsp3) is 0.227. The molecule has 0 radical (unpaired) electrons. The molecule has 152 valence electrons. The highest BCUT2D eigenvalue weighted by Gasteiger charge is 2.27. The molecule has 3 rings (SSSR count). The molecular weight excluding hydrogens is 434 g/mol. The first-order chi connectivity index (χ1) is 13.8. The van der Waals surface area contributed by atoms with E-state index < -0.39 is 5.97 Å². The number of halogens is 3.